The van der Waals surface area contributed by atoms with E-state index in [4.69, 9.17) is 0 Å². The van der Waals surface area contributed by atoms with Gasteiger partial charge in [0, 0.05) is 0 Å². The van der Waals surface area contributed by atoms with Gasteiger partial charge in [-0.3, -0.25) is 0 Å². The van der Waals surface area contributed by atoms with Crippen molar-refractivity contribution in [3.8, 4) is 0 Å². The number of allylic oxidation sites excluding steroid dienone is 3. The summed E-state index contributed by atoms with van der Waals surface area (Å²) in [5.74, 6) is 0. The molecule has 0 N–H and O–H groups in total. The van der Waals surface area contributed by atoms with Gasteiger partial charge >= 0.3 is 0 Å². The van der Waals surface area contributed by atoms with Crippen LogP contribution in [0.25, 0.3) is 0 Å². The van der Waals surface area contributed by atoms with Crippen molar-refractivity contribution in [2.75, 3.05) is 0 Å². The van der Waals surface area contributed by atoms with Gasteiger partial charge in [0.05, 0.1) is 0 Å². The standard InChI is InChI=1S/C11H20.C5H10.C3H6.C3H8.4C2H6/c1-3-5-7-9-11-10-8-6-4-2;1-3-5-4-2;1-2-3-1;1-3-2;4*1-2/h7-8H,3-6,9,11H2,1-2H3;3H,1,4-5H2,2H3;1-3H2;3H2,1-2H3;4*1-2H3. The van der Waals surface area contributed by atoms with Crippen molar-refractivity contribution in [2.24, 2.45) is 0 Å². The molecule has 0 atom stereocenters. The van der Waals surface area contributed by atoms with Gasteiger partial charge in [-0.05, 0) is 38.2 Å². The van der Waals surface area contributed by atoms with Gasteiger partial charge in [-0.15, -0.1) is 6.58 Å². The highest BCUT2D eigenvalue weighted by Gasteiger charge is 1.95. The fourth-order valence-corrected chi connectivity index (χ4v) is 1.09. The summed E-state index contributed by atoms with van der Waals surface area (Å²) < 4.78 is 0. The van der Waals surface area contributed by atoms with Crippen molar-refractivity contribution in [1.29, 1.82) is 0 Å². The van der Waals surface area contributed by atoms with E-state index in [0.29, 0.717) is 0 Å². The van der Waals surface area contributed by atoms with Gasteiger partial charge in [-0.2, -0.15) is 0 Å². The summed E-state index contributed by atoms with van der Waals surface area (Å²) in [5, 5.41) is 0. The molecule has 0 amide bonds. The van der Waals surface area contributed by atoms with Crippen molar-refractivity contribution in [1.82, 2.24) is 0 Å². The second-order valence-electron chi connectivity index (χ2n) is 5.66. The molecule has 0 bridgehead atoms. The molecule has 0 aliphatic heterocycles. The van der Waals surface area contributed by atoms with Crippen LogP contribution in [0.5, 0.6) is 0 Å². The first-order valence-corrected chi connectivity index (χ1v) is 13.7. The van der Waals surface area contributed by atoms with Gasteiger partial charge < -0.3 is 0 Å². The maximum atomic E-state index is 3.55. The second kappa shape index (κ2) is 89.7. The van der Waals surface area contributed by atoms with Crippen molar-refractivity contribution >= 4 is 0 Å². The molecule has 1 saturated carbocycles. The van der Waals surface area contributed by atoms with E-state index in [1.165, 1.54) is 64.2 Å². The molecule has 0 unspecified atom stereocenters. The van der Waals surface area contributed by atoms with Crippen LogP contribution in [0.3, 0.4) is 0 Å². The molecule has 0 heteroatoms. The van der Waals surface area contributed by atoms with E-state index in [9.17, 15) is 0 Å². The van der Waals surface area contributed by atoms with Crippen LogP contribution in [-0.2, 0) is 0 Å². The van der Waals surface area contributed by atoms with Crippen LogP contribution >= 0.6 is 0 Å². The zero-order valence-electron chi connectivity index (χ0n) is 24.4. The van der Waals surface area contributed by atoms with E-state index in [2.05, 4.69) is 59.8 Å². The Morgan fingerprint density at radius 2 is 0.967 bits per heavy atom. The molecular weight excluding hydrogens is 360 g/mol. The highest BCUT2D eigenvalue weighted by Crippen LogP contribution is 2.14. The zero-order valence-corrected chi connectivity index (χ0v) is 24.4. The molecule has 2 radical (unpaired) electrons. The second-order valence-corrected chi connectivity index (χ2v) is 5.66. The van der Waals surface area contributed by atoms with Crippen LogP contribution in [0.4, 0.5) is 0 Å². The maximum absolute atomic E-state index is 3.55. The van der Waals surface area contributed by atoms with Gasteiger partial charge in [-0.1, -0.05) is 154 Å². The third kappa shape index (κ3) is 175. The van der Waals surface area contributed by atoms with Crippen molar-refractivity contribution in [3.05, 3.63) is 31.2 Å². The summed E-state index contributed by atoms with van der Waals surface area (Å²) in [7, 11) is 0. The van der Waals surface area contributed by atoms with Crippen molar-refractivity contribution in [3.63, 3.8) is 0 Å². The summed E-state index contributed by atoms with van der Waals surface area (Å²) in [6.07, 6.45) is 25.1. The van der Waals surface area contributed by atoms with Crippen molar-refractivity contribution < 1.29 is 0 Å². The van der Waals surface area contributed by atoms with Crippen LogP contribution in [0.2, 0.25) is 0 Å². The maximum Gasteiger partial charge on any atom is -0.0277 e. The predicted molar refractivity (Wildman–Crippen MR) is 151 cm³/mol. The Kier molecular flexibility index (Phi) is 142. The molecule has 1 fully saturated rings. The SMILES string of the molecule is C1CC1.C=CCCC.CC.CC.CC.CC.CCC.CCC[CH]CC[C]=CCCC. The lowest BCUT2D eigenvalue weighted by molar-refractivity contribution is 0.812. The van der Waals surface area contributed by atoms with Crippen molar-refractivity contribution in [2.45, 2.75) is 167 Å². The smallest absolute Gasteiger partial charge is 0.0277 e. The molecule has 0 nitrogen and oxygen atoms in total. The highest BCUT2D eigenvalue weighted by molar-refractivity contribution is 4.75. The first-order valence-electron chi connectivity index (χ1n) is 13.7. The third-order valence-corrected chi connectivity index (χ3v) is 2.41. The molecule has 0 aromatic rings. The number of unbranched alkanes of at least 4 members (excludes halogenated alkanes) is 6. The van der Waals surface area contributed by atoms with Crippen LogP contribution in [0.15, 0.2) is 18.7 Å². The van der Waals surface area contributed by atoms with Crippen LogP contribution in [0.1, 0.15) is 167 Å². The lowest BCUT2D eigenvalue weighted by Crippen LogP contribution is -1.75. The topological polar surface area (TPSA) is 0 Å². The monoisotopic (exact) mass is 429 g/mol. The van der Waals surface area contributed by atoms with Crippen LogP contribution < -0.4 is 0 Å². The Morgan fingerprint density at radius 3 is 1.20 bits per heavy atom. The first-order chi connectivity index (χ1) is 14.7. The minimum Gasteiger partial charge on any atom is -0.103 e. The molecule has 0 spiro atoms. The van der Waals surface area contributed by atoms with E-state index < -0.39 is 0 Å². The molecule has 1 rings (SSSR count). The van der Waals surface area contributed by atoms with Crippen LogP contribution in [-0.4, -0.2) is 0 Å². The lowest BCUT2D eigenvalue weighted by Gasteiger charge is -1.92. The minimum absolute atomic E-state index is 1.11. The largest absolute Gasteiger partial charge is 0.103 e. The first kappa shape index (κ1) is 47.3. The number of hydrogen-bond acceptors (Lipinski definition) is 0. The molecular formula is C30H68. The highest BCUT2D eigenvalue weighted by atomic mass is 14.0. The average Bonchev–Trinajstić information content (AvgIpc) is 3.70. The van der Waals surface area contributed by atoms with Gasteiger partial charge in [0.1, 0.15) is 0 Å². The number of hydrogen-bond donors (Lipinski definition) is 0. The molecule has 0 aromatic carbocycles. The van der Waals surface area contributed by atoms with Gasteiger partial charge in [0.25, 0.3) is 0 Å². The average molecular weight is 429 g/mol. The Balaban J connectivity index is -0.0000000467. The van der Waals surface area contributed by atoms with E-state index in [1.54, 1.807) is 0 Å². The summed E-state index contributed by atoms with van der Waals surface area (Å²) in [6.45, 7) is 30.4. The normalized spacial score (nSPS) is 9.10. The summed E-state index contributed by atoms with van der Waals surface area (Å²) in [4.78, 5) is 0. The van der Waals surface area contributed by atoms with Gasteiger partial charge in [-0.25, -0.2) is 0 Å². The van der Waals surface area contributed by atoms with E-state index in [0.717, 1.165) is 12.8 Å². The predicted octanol–water partition coefficient (Wildman–Crippen LogP) is 12.6. The minimum atomic E-state index is 1.11. The van der Waals surface area contributed by atoms with E-state index in [-0.39, 0.29) is 0 Å². The van der Waals surface area contributed by atoms with E-state index in [1.807, 2.05) is 61.5 Å². The molecule has 30 heavy (non-hydrogen) atoms. The fourth-order valence-electron chi connectivity index (χ4n) is 1.09. The lowest BCUT2D eigenvalue weighted by atomic mass is 10.1. The third-order valence-electron chi connectivity index (χ3n) is 2.41. The van der Waals surface area contributed by atoms with Gasteiger partial charge in [0.15, 0.2) is 0 Å². The molecule has 0 aromatic heterocycles. The van der Waals surface area contributed by atoms with Gasteiger partial charge in [0.2, 0.25) is 0 Å². The fraction of sp³-hybridized carbons (Fsp3) is 0.833. The van der Waals surface area contributed by atoms with E-state index >= 15 is 0 Å². The number of rotatable bonds is 9. The molecule has 1 aliphatic rings. The summed E-state index contributed by atoms with van der Waals surface area (Å²) in [6, 6.07) is 0. The zero-order chi connectivity index (χ0) is 25.3. The summed E-state index contributed by atoms with van der Waals surface area (Å²) in [5.41, 5.74) is 0. The molecule has 1 aliphatic carbocycles. The quantitative estimate of drug-likeness (QED) is 0.253. The summed E-state index contributed by atoms with van der Waals surface area (Å²) >= 11 is 0. The Labute approximate surface area is 198 Å². The van der Waals surface area contributed by atoms with Crippen LogP contribution in [0, 0.1) is 12.5 Å². The molecule has 0 saturated heterocycles. The Morgan fingerprint density at radius 1 is 0.600 bits per heavy atom. The Bertz CT molecular complexity index is 174. The molecule has 188 valence electrons. The Hall–Kier alpha value is -0.520. The molecule has 0 heterocycles.